The molecule has 100 valence electrons. The maximum atomic E-state index is 3.39. The van der Waals surface area contributed by atoms with Gasteiger partial charge in [0.2, 0.25) is 0 Å². The van der Waals surface area contributed by atoms with Gasteiger partial charge in [0.1, 0.15) is 0 Å². The molecule has 1 unspecified atom stereocenters. The SMILES string of the molecule is CNCC(Cc1ccc(C)c(C)c1)C1CCCC1. The second-order valence-corrected chi connectivity index (χ2v) is 5.99. The Morgan fingerprint density at radius 1 is 1.17 bits per heavy atom. The number of rotatable bonds is 5. The van der Waals surface area contributed by atoms with Gasteiger partial charge in [0.15, 0.2) is 0 Å². The van der Waals surface area contributed by atoms with Crippen LogP contribution in [0.25, 0.3) is 0 Å². The van der Waals surface area contributed by atoms with E-state index in [2.05, 4.69) is 44.4 Å². The summed E-state index contributed by atoms with van der Waals surface area (Å²) in [6.07, 6.45) is 7.01. The third kappa shape index (κ3) is 3.35. The van der Waals surface area contributed by atoms with Gasteiger partial charge in [-0.2, -0.15) is 0 Å². The minimum atomic E-state index is 0.819. The molecule has 1 aromatic carbocycles. The average Bonchev–Trinajstić information content (AvgIpc) is 2.87. The predicted molar refractivity (Wildman–Crippen MR) is 79.0 cm³/mol. The first-order chi connectivity index (χ1) is 8.70. The summed E-state index contributed by atoms with van der Waals surface area (Å²) in [7, 11) is 2.09. The molecule has 1 aliphatic rings. The Morgan fingerprint density at radius 2 is 1.89 bits per heavy atom. The maximum Gasteiger partial charge on any atom is -0.00177 e. The number of hydrogen-bond acceptors (Lipinski definition) is 1. The van der Waals surface area contributed by atoms with Crippen molar-refractivity contribution in [2.24, 2.45) is 11.8 Å². The zero-order chi connectivity index (χ0) is 13.0. The first-order valence-electron chi connectivity index (χ1n) is 7.41. The van der Waals surface area contributed by atoms with Crippen LogP contribution in [0.2, 0.25) is 0 Å². The lowest BCUT2D eigenvalue weighted by atomic mass is 9.85. The van der Waals surface area contributed by atoms with Gasteiger partial charge in [-0.05, 0) is 62.4 Å². The molecule has 0 radical (unpaired) electrons. The van der Waals surface area contributed by atoms with E-state index < -0.39 is 0 Å². The van der Waals surface area contributed by atoms with E-state index in [0.717, 1.165) is 18.4 Å². The molecule has 1 saturated carbocycles. The lowest BCUT2D eigenvalue weighted by Crippen LogP contribution is -2.26. The van der Waals surface area contributed by atoms with E-state index in [9.17, 15) is 0 Å². The van der Waals surface area contributed by atoms with Gasteiger partial charge < -0.3 is 5.32 Å². The summed E-state index contributed by atoms with van der Waals surface area (Å²) in [6.45, 7) is 5.58. The van der Waals surface area contributed by atoms with Crippen LogP contribution in [-0.4, -0.2) is 13.6 Å². The lowest BCUT2D eigenvalue weighted by molar-refractivity contribution is 0.328. The van der Waals surface area contributed by atoms with Gasteiger partial charge >= 0.3 is 0 Å². The molecule has 0 bridgehead atoms. The molecular formula is C17H27N. The minimum absolute atomic E-state index is 0.819. The van der Waals surface area contributed by atoms with Gasteiger partial charge in [-0.3, -0.25) is 0 Å². The molecule has 0 aliphatic heterocycles. The van der Waals surface area contributed by atoms with Crippen LogP contribution in [0.1, 0.15) is 42.4 Å². The van der Waals surface area contributed by atoms with Crippen LogP contribution < -0.4 is 5.32 Å². The molecule has 1 heteroatoms. The van der Waals surface area contributed by atoms with Crippen LogP contribution in [0, 0.1) is 25.7 Å². The molecule has 1 N–H and O–H groups in total. The van der Waals surface area contributed by atoms with Crippen molar-refractivity contribution in [3.05, 3.63) is 34.9 Å². The first kappa shape index (κ1) is 13.6. The molecule has 0 amide bonds. The number of benzene rings is 1. The fourth-order valence-electron chi connectivity index (χ4n) is 3.33. The van der Waals surface area contributed by atoms with E-state index in [1.165, 1.54) is 48.8 Å². The Kier molecular flexibility index (Phi) is 4.82. The van der Waals surface area contributed by atoms with Crippen LogP contribution in [0.5, 0.6) is 0 Å². The molecule has 1 aliphatic carbocycles. The highest BCUT2D eigenvalue weighted by molar-refractivity contribution is 5.30. The molecule has 0 aromatic heterocycles. The van der Waals surface area contributed by atoms with Crippen LogP contribution in [-0.2, 0) is 6.42 Å². The van der Waals surface area contributed by atoms with E-state index in [1.807, 2.05) is 0 Å². The van der Waals surface area contributed by atoms with Crippen LogP contribution in [0.15, 0.2) is 18.2 Å². The summed E-state index contributed by atoms with van der Waals surface area (Å²) in [5.74, 6) is 1.76. The molecule has 0 saturated heterocycles. The summed E-state index contributed by atoms with van der Waals surface area (Å²) in [6, 6.07) is 6.97. The first-order valence-corrected chi connectivity index (χ1v) is 7.41. The molecule has 2 rings (SSSR count). The van der Waals surface area contributed by atoms with Crippen LogP contribution in [0.3, 0.4) is 0 Å². The highest BCUT2D eigenvalue weighted by Crippen LogP contribution is 2.33. The Bertz CT molecular complexity index is 377. The van der Waals surface area contributed by atoms with Gasteiger partial charge in [-0.1, -0.05) is 43.9 Å². The largest absolute Gasteiger partial charge is 0.319 e. The fourth-order valence-corrected chi connectivity index (χ4v) is 3.33. The van der Waals surface area contributed by atoms with Gasteiger partial charge in [0.25, 0.3) is 0 Å². The quantitative estimate of drug-likeness (QED) is 0.830. The average molecular weight is 245 g/mol. The third-order valence-corrected chi connectivity index (χ3v) is 4.60. The Hall–Kier alpha value is -0.820. The Morgan fingerprint density at radius 3 is 2.50 bits per heavy atom. The topological polar surface area (TPSA) is 12.0 Å². The van der Waals surface area contributed by atoms with Crippen molar-refractivity contribution in [1.29, 1.82) is 0 Å². The predicted octanol–water partition coefficient (Wildman–Crippen LogP) is 3.87. The summed E-state index contributed by atoms with van der Waals surface area (Å²) < 4.78 is 0. The van der Waals surface area contributed by atoms with Crippen molar-refractivity contribution in [3.8, 4) is 0 Å². The summed E-state index contributed by atoms with van der Waals surface area (Å²) in [5.41, 5.74) is 4.36. The zero-order valence-corrected chi connectivity index (χ0v) is 12.1. The molecule has 0 heterocycles. The zero-order valence-electron chi connectivity index (χ0n) is 12.1. The van der Waals surface area contributed by atoms with Gasteiger partial charge in [-0.25, -0.2) is 0 Å². The van der Waals surface area contributed by atoms with Crippen LogP contribution in [0.4, 0.5) is 0 Å². The number of nitrogens with one attached hydrogen (secondary N) is 1. The molecule has 1 aromatic rings. The standard InChI is InChI=1S/C17H27N/c1-13-8-9-15(10-14(13)2)11-17(12-18-3)16-6-4-5-7-16/h8-10,16-18H,4-7,11-12H2,1-3H3. The number of hydrogen-bond donors (Lipinski definition) is 1. The van der Waals surface area contributed by atoms with Crippen molar-refractivity contribution >= 4 is 0 Å². The molecule has 1 fully saturated rings. The van der Waals surface area contributed by atoms with Crippen LogP contribution >= 0.6 is 0 Å². The second kappa shape index (κ2) is 6.38. The van der Waals surface area contributed by atoms with Crippen molar-refractivity contribution < 1.29 is 0 Å². The van der Waals surface area contributed by atoms with Gasteiger partial charge in [0.05, 0.1) is 0 Å². The summed E-state index contributed by atoms with van der Waals surface area (Å²) >= 11 is 0. The maximum absolute atomic E-state index is 3.39. The van der Waals surface area contributed by atoms with Crippen molar-refractivity contribution in [2.75, 3.05) is 13.6 Å². The van der Waals surface area contributed by atoms with Crippen molar-refractivity contribution in [3.63, 3.8) is 0 Å². The molecule has 1 atom stereocenters. The second-order valence-electron chi connectivity index (χ2n) is 5.99. The smallest absolute Gasteiger partial charge is 0.00177 e. The van der Waals surface area contributed by atoms with E-state index >= 15 is 0 Å². The molecule has 0 spiro atoms. The molecule has 18 heavy (non-hydrogen) atoms. The lowest BCUT2D eigenvalue weighted by Gasteiger charge is -2.23. The van der Waals surface area contributed by atoms with E-state index in [1.54, 1.807) is 0 Å². The summed E-state index contributed by atoms with van der Waals surface area (Å²) in [5, 5.41) is 3.39. The normalized spacial score (nSPS) is 18.2. The highest BCUT2D eigenvalue weighted by atomic mass is 14.8. The molecule has 1 nitrogen and oxygen atoms in total. The van der Waals surface area contributed by atoms with Crippen molar-refractivity contribution in [1.82, 2.24) is 5.32 Å². The van der Waals surface area contributed by atoms with Crippen molar-refractivity contribution in [2.45, 2.75) is 46.0 Å². The van der Waals surface area contributed by atoms with Gasteiger partial charge in [0, 0.05) is 0 Å². The Balaban J connectivity index is 2.04. The van der Waals surface area contributed by atoms with E-state index in [-0.39, 0.29) is 0 Å². The van der Waals surface area contributed by atoms with E-state index in [4.69, 9.17) is 0 Å². The summed E-state index contributed by atoms with van der Waals surface area (Å²) in [4.78, 5) is 0. The van der Waals surface area contributed by atoms with E-state index in [0.29, 0.717) is 0 Å². The minimum Gasteiger partial charge on any atom is -0.319 e. The Labute approximate surface area is 112 Å². The third-order valence-electron chi connectivity index (χ3n) is 4.60. The number of aryl methyl sites for hydroxylation is 2. The van der Waals surface area contributed by atoms with Gasteiger partial charge in [-0.15, -0.1) is 0 Å². The molecular weight excluding hydrogens is 218 g/mol. The highest BCUT2D eigenvalue weighted by Gasteiger charge is 2.24. The monoisotopic (exact) mass is 245 g/mol. The fraction of sp³-hybridized carbons (Fsp3) is 0.647.